The number of methoxy groups -OCH3 is 2. The zero-order valence-corrected chi connectivity index (χ0v) is 21.7. The average molecular weight is 531 g/mol. The quantitative estimate of drug-likeness (QED) is 0.349. The number of benzene rings is 3. The van der Waals surface area contributed by atoms with Crippen molar-refractivity contribution in [2.75, 3.05) is 50.7 Å². The van der Waals surface area contributed by atoms with E-state index >= 15 is 0 Å². The lowest BCUT2D eigenvalue weighted by Crippen LogP contribution is -2.37. The van der Waals surface area contributed by atoms with E-state index in [1.54, 1.807) is 19.2 Å². The number of esters is 1. The number of rotatable bonds is 9. The van der Waals surface area contributed by atoms with Crippen LogP contribution in [0.4, 0.5) is 11.4 Å². The van der Waals surface area contributed by atoms with Crippen molar-refractivity contribution < 1.29 is 23.7 Å². The van der Waals surface area contributed by atoms with Crippen LogP contribution in [0.3, 0.4) is 0 Å². The van der Waals surface area contributed by atoms with Crippen molar-refractivity contribution in [3.05, 3.63) is 81.3 Å². The molecule has 0 spiro atoms. The molecule has 0 amide bonds. The van der Waals surface area contributed by atoms with Crippen molar-refractivity contribution in [3.8, 4) is 11.5 Å². The number of anilines is 2. The largest absolute Gasteiger partial charge is 0.493 e. The lowest BCUT2D eigenvalue weighted by Gasteiger charge is -2.30. The van der Waals surface area contributed by atoms with E-state index in [0.717, 1.165) is 35.6 Å². The van der Waals surface area contributed by atoms with Crippen molar-refractivity contribution in [2.45, 2.75) is 13.2 Å². The van der Waals surface area contributed by atoms with E-state index < -0.39 is 0 Å². The van der Waals surface area contributed by atoms with Gasteiger partial charge in [0.25, 0.3) is 0 Å². The second kappa shape index (κ2) is 12.2. The molecule has 1 aliphatic rings. The summed E-state index contributed by atoms with van der Waals surface area (Å²) in [5, 5.41) is 4.37. The van der Waals surface area contributed by atoms with Crippen LogP contribution in [0.2, 0.25) is 10.0 Å². The van der Waals surface area contributed by atoms with Gasteiger partial charge >= 0.3 is 5.97 Å². The monoisotopic (exact) mass is 530 g/mol. The van der Waals surface area contributed by atoms with Gasteiger partial charge in [-0.15, -0.1) is 0 Å². The van der Waals surface area contributed by atoms with E-state index in [0.29, 0.717) is 53.5 Å². The van der Waals surface area contributed by atoms with Crippen LogP contribution in [0.25, 0.3) is 0 Å². The maximum absolute atomic E-state index is 12.5. The fourth-order valence-electron chi connectivity index (χ4n) is 3.94. The summed E-state index contributed by atoms with van der Waals surface area (Å²) in [5.74, 6) is 0.868. The first-order valence-electron chi connectivity index (χ1n) is 11.5. The lowest BCUT2D eigenvalue weighted by atomic mass is 10.1. The molecular formula is C27H28Cl2N2O5. The highest BCUT2D eigenvalue weighted by molar-refractivity contribution is 6.42. The topological polar surface area (TPSA) is 69.3 Å². The fourth-order valence-corrected chi connectivity index (χ4v) is 4.26. The molecule has 1 heterocycles. The summed E-state index contributed by atoms with van der Waals surface area (Å²) in [4.78, 5) is 14.6. The summed E-state index contributed by atoms with van der Waals surface area (Å²) in [6.45, 7) is 3.59. The van der Waals surface area contributed by atoms with E-state index in [1.165, 1.54) is 7.11 Å². The second-order valence-corrected chi connectivity index (χ2v) is 9.01. The van der Waals surface area contributed by atoms with Gasteiger partial charge in [-0.25, -0.2) is 4.79 Å². The second-order valence-electron chi connectivity index (χ2n) is 8.20. The highest BCUT2D eigenvalue weighted by atomic mass is 35.5. The SMILES string of the molecule is COC(=O)c1cc(NCc2ccc(OCc3ccc(Cl)c(Cl)c3)c(OC)c2)ccc1N1CCOCC1. The molecule has 0 unspecified atom stereocenters. The van der Waals surface area contributed by atoms with Gasteiger partial charge in [0.2, 0.25) is 0 Å². The molecule has 4 rings (SSSR count). The maximum atomic E-state index is 12.5. The number of ether oxygens (including phenoxy) is 4. The van der Waals surface area contributed by atoms with E-state index in [-0.39, 0.29) is 5.97 Å². The minimum atomic E-state index is -0.370. The van der Waals surface area contributed by atoms with E-state index in [9.17, 15) is 4.79 Å². The molecule has 0 saturated carbocycles. The predicted molar refractivity (Wildman–Crippen MR) is 142 cm³/mol. The van der Waals surface area contributed by atoms with Gasteiger partial charge in [-0.3, -0.25) is 0 Å². The summed E-state index contributed by atoms with van der Waals surface area (Å²) in [6.07, 6.45) is 0. The average Bonchev–Trinajstić information content (AvgIpc) is 2.92. The molecule has 1 fully saturated rings. The number of hydrogen-bond acceptors (Lipinski definition) is 7. The van der Waals surface area contributed by atoms with Crippen LogP contribution in [-0.2, 0) is 22.6 Å². The van der Waals surface area contributed by atoms with Crippen LogP contribution in [0.15, 0.2) is 54.6 Å². The van der Waals surface area contributed by atoms with Crippen molar-refractivity contribution in [2.24, 2.45) is 0 Å². The van der Waals surface area contributed by atoms with Gasteiger partial charge < -0.3 is 29.2 Å². The van der Waals surface area contributed by atoms with Gasteiger partial charge in [0, 0.05) is 25.3 Å². The number of nitrogens with zero attached hydrogens (tertiary/aromatic N) is 1. The Morgan fingerprint density at radius 2 is 1.72 bits per heavy atom. The van der Waals surface area contributed by atoms with Crippen LogP contribution in [-0.4, -0.2) is 46.5 Å². The van der Waals surface area contributed by atoms with Gasteiger partial charge in [-0.1, -0.05) is 35.3 Å². The molecule has 1 saturated heterocycles. The number of nitrogens with one attached hydrogen (secondary N) is 1. The molecule has 0 aromatic heterocycles. The maximum Gasteiger partial charge on any atom is 0.340 e. The van der Waals surface area contributed by atoms with Gasteiger partial charge in [-0.2, -0.15) is 0 Å². The third-order valence-corrected chi connectivity index (χ3v) is 6.60. The molecule has 0 bridgehead atoms. The molecule has 0 aliphatic carbocycles. The van der Waals surface area contributed by atoms with Gasteiger partial charge in [0.05, 0.1) is 48.7 Å². The van der Waals surface area contributed by atoms with Crippen LogP contribution in [0.5, 0.6) is 11.5 Å². The molecule has 7 nitrogen and oxygen atoms in total. The summed E-state index contributed by atoms with van der Waals surface area (Å²) < 4.78 is 21.9. The van der Waals surface area contributed by atoms with Crippen molar-refractivity contribution in [3.63, 3.8) is 0 Å². The van der Waals surface area contributed by atoms with E-state index in [1.807, 2.05) is 42.5 Å². The zero-order chi connectivity index (χ0) is 25.5. The van der Waals surface area contributed by atoms with Crippen molar-refractivity contribution in [1.82, 2.24) is 0 Å². The van der Waals surface area contributed by atoms with Crippen molar-refractivity contribution in [1.29, 1.82) is 0 Å². The van der Waals surface area contributed by atoms with E-state index in [4.69, 9.17) is 42.1 Å². The van der Waals surface area contributed by atoms with Crippen LogP contribution >= 0.6 is 23.2 Å². The Morgan fingerprint density at radius 3 is 2.44 bits per heavy atom. The lowest BCUT2D eigenvalue weighted by molar-refractivity contribution is 0.0600. The third kappa shape index (κ3) is 6.35. The molecular weight excluding hydrogens is 503 g/mol. The first kappa shape index (κ1) is 25.9. The first-order chi connectivity index (χ1) is 17.5. The Hall–Kier alpha value is -3.13. The number of carbonyl (C=O) groups is 1. The van der Waals surface area contributed by atoms with Crippen molar-refractivity contribution >= 4 is 40.5 Å². The molecule has 1 N–H and O–H groups in total. The molecule has 0 radical (unpaired) electrons. The molecule has 36 heavy (non-hydrogen) atoms. The first-order valence-corrected chi connectivity index (χ1v) is 12.3. The summed E-state index contributed by atoms with van der Waals surface area (Å²) in [5.41, 5.74) is 4.07. The van der Waals surface area contributed by atoms with Gasteiger partial charge in [0.1, 0.15) is 6.61 Å². The summed E-state index contributed by atoms with van der Waals surface area (Å²) in [6, 6.07) is 16.9. The minimum absolute atomic E-state index is 0.330. The Balaban J connectivity index is 1.43. The summed E-state index contributed by atoms with van der Waals surface area (Å²) >= 11 is 12.1. The highest BCUT2D eigenvalue weighted by Crippen LogP contribution is 2.31. The smallest absolute Gasteiger partial charge is 0.340 e. The standard InChI is InChI=1S/C27H28Cl2N2O5/c1-33-26-14-18(4-8-25(26)36-17-19-3-6-22(28)23(29)13-19)16-30-20-5-7-24(21(15-20)27(32)34-2)31-9-11-35-12-10-31/h3-8,13-15,30H,9-12,16-17H2,1-2H3. The predicted octanol–water partition coefficient (Wildman–Crippen LogP) is 5.82. The molecule has 0 atom stereocenters. The number of morpholine rings is 1. The van der Waals surface area contributed by atoms with E-state index in [2.05, 4.69) is 10.2 Å². The highest BCUT2D eigenvalue weighted by Gasteiger charge is 2.20. The molecule has 1 aliphatic heterocycles. The molecule has 3 aromatic carbocycles. The molecule has 3 aromatic rings. The normalized spacial score (nSPS) is 13.3. The molecule has 9 heteroatoms. The van der Waals surface area contributed by atoms with Crippen LogP contribution in [0.1, 0.15) is 21.5 Å². The Kier molecular flexibility index (Phi) is 8.80. The third-order valence-electron chi connectivity index (χ3n) is 5.86. The van der Waals surface area contributed by atoms with Crippen LogP contribution in [0, 0.1) is 0 Å². The van der Waals surface area contributed by atoms with Gasteiger partial charge in [0.15, 0.2) is 11.5 Å². The number of hydrogen-bond donors (Lipinski definition) is 1. The molecule has 190 valence electrons. The van der Waals surface area contributed by atoms with Crippen LogP contribution < -0.4 is 19.7 Å². The Morgan fingerprint density at radius 1 is 0.944 bits per heavy atom. The fraction of sp³-hybridized carbons (Fsp3) is 0.296. The zero-order valence-electron chi connectivity index (χ0n) is 20.2. The summed E-state index contributed by atoms with van der Waals surface area (Å²) in [7, 11) is 2.99. The minimum Gasteiger partial charge on any atom is -0.493 e. The Labute approximate surface area is 220 Å². The van der Waals surface area contributed by atoms with Gasteiger partial charge in [-0.05, 0) is 53.6 Å². The number of carbonyl (C=O) groups excluding carboxylic acids is 1. The number of halogens is 2. The Bertz CT molecular complexity index is 1210.